The van der Waals surface area contributed by atoms with Gasteiger partial charge in [0.2, 0.25) is 5.91 Å². The van der Waals surface area contributed by atoms with Gasteiger partial charge in [-0.05, 0) is 44.3 Å². The highest BCUT2D eigenvalue weighted by molar-refractivity contribution is 6.30. The minimum atomic E-state index is -0.387. The van der Waals surface area contributed by atoms with Gasteiger partial charge in [-0.15, -0.1) is 0 Å². The molecule has 178 valence electrons. The lowest BCUT2D eigenvalue weighted by atomic mass is 10.0. The highest BCUT2D eigenvalue weighted by Gasteiger charge is 2.24. The SMILES string of the molecule is CC(C)C(CNc1cc(Nc2cccc(Cl)c2)nc2c(/C=C3\CC(=O)NC3=O)cnn12)N(C)C. The minimum Gasteiger partial charge on any atom is -0.368 e. The van der Waals surface area contributed by atoms with Gasteiger partial charge in [-0.2, -0.15) is 9.61 Å². The molecule has 1 atom stereocenters. The Morgan fingerprint density at radius 2 is 2.06 bits per heavy atom. The fraction of sp³-hybridized carbons (Fsp3) is 0.333. The van der Waals surface area contributed by atoms with E-state index in [0.29, 0.717) is 46.1 Å². The number of carbonyl (C=O) groups is 2. The second kappa shape index (κ2) is 9.82. The maximum Gasteiger partial charge on any atom is 0.254 e. The van der Waals surface area contributed by atoms with Gasteiger partial charge in [0, 0.05) is 40.5 Å². The first-order chi connectivity index (χ1) is 16.2. The molecule has 0 spiro atoms. The largest absolute Gasteiger partial charge is 0.368 e. The summed E-state index contributed by atoms with van der Waals surface area (Å²) in [6.45, 7) is 5.08. The van der Waals surface area contributed by atoms with E-state index in [0.717, 1.165) is 11.5 Å². The van der Waals surface area contributed by atoms with Gasteiger partial charge in [0.15, 0.2) is 5.65 Å². The summed E-state index contributed by atoms with van der Waals surface area (Å²) < 4.78 is 1.71. The van der Waals surface area contributed by atoms with Crippen molar-refractivity contribution >= 4 is 52.5 Å². The van der Waals surface area contributed by atoms with Crippen molar-refractivity contribution in [3.05, 3.63) is 52.7 Å². The summed E-state index contributed by atoms with van der Waals surface area (Å²) in [7, 11) is 4.12. The van der Waals surface area contributed by atoms with E-state index < -0.39 is 0 Å². The number of benzene rings is 1. The topological polar surface area (TPSA) is 104 Å². The van der Waals surface area contributed by atoms with Crippen LogP contribution in [0.3, 0.4) is 0 Å². The van der Waals surface area contributed by atoms with Gasteiger partial charge in [-0.25, -0.2) is 4.98 Å². The molecule has 10 heteroatoms. The highest BCUT2D eigenvalue weighted by atomic mass is 35.5. The van der Waals surface area contributed by atoms with Crippen LogP contribution in [-0.4, -0.2) is 58.0 Å². The van der Waals surface area contributed by atoms with Crippen LogP contribution < -0.4 is 16.0 Å². The molecular formula is C24H28ClN7O2. The van der Waals surface area contributed by atoms with Gasteiger partial charge in [0.25, 0.3) is 5.91 Å². The standard InChI is InChI=1S/C24H28ClN7O2/c1-14(2)19(31(3)4)13-26-21-11-20(28-18-7-5-6-17(25)10-18)29-23-16(12-27-32(21)23)8-15-9-22(33)30-24(15)34/h5-8,10-12,14,19,26H,9,13H2,1-4H3,(H,28,29)(H,30,33,34)/b15-8+. The smallest absolute Gasteiger partial charge is 0.254 e. The quantitative estimate of drug-likeness (QED) is 0.334. The molecule has 0 saturated carbocycles. The zero-order valence-electron chi connectivity index (χ0n) is 19.6. The van der Waals surface area contributed by atoms with E-state index in [1.165, 1.54) is 0 Å². The van der Waals surface area contributed by atoms with E-state index in [-0.39, 0.29) is 18.2 Å². The molecule has 3 N–H and O–H groups in total. The van der Waals surface area contributed by atoms with Crippen LogP contribution in [-0.2, 0) is 9.59 Å². The lowest BCUT2D eigenvalue weighted by Crippen LogP contribution is -2.39. The van der Waals surface area contributed by atoms with Crippen LogP contribution in [0.1, 0.15) is 25.8 Å². The molecule has 34 heavy (non-hydrogen) atoms. The average Bonchev–Trinajstić information content (AvgIpc) is 3.30. The van der Waals surface area contributed by atoms with Crippen LogP contribution >= 0.6 is 11.6 Å². The number of nitrogens with zero attached hydrogens (tertiary/aromatic N) is 4. The summed E-state index contributed by atoms with van der Waals surface area (Å²) in [4.78, 5) is 30.6. The van der Waals surface area contributed by atoms with Crippen molar-refractivity contribution in [1.82, 2.24) is 24.8 Å². The summed E-state index contributed by atoms with van der Waals surface area (Å²) in [5, 5.41) is 14.2. The zero-order chi connectivity index (χ0) is 24.4. The second-order valence-corrected chi connectivity index (χ2v) is 9.31. The number of fused-ring (bicyclic) bond motifs is 1. The third-order valence-electron chi connectivity index (χ3n) is 5.75. The Kier molecular flexibility index (Phi) is 6.85. The van der Waals surface area contributed by atoms with Crippen LogP contribution in [0, 0.1) is 5.92 Å². The van der Waals surface area contributed by atoms with Crippen molar-refractivity contribution in [2.24, 2.45) is 5.92 Å². The number of likely N-dealkylation sites (N-methyl/N-ethyl adjacent to an activating group) is 1. The molecule has 1 aromatic carbocycles. The van der Waals surface area contributed by atoms with Gasteiger partial charge < -0.3 is 15.5 Å². The normalized spacial score (nSPS) is 16.0. The van der Waals surface area contributed by atoms with E-state index in [2.05, 4.69) is 53.9 Å². The molecule has 1 saturated heterocycles. The van der Waals surface area contributed by atoms with Crippen molar-refractivity contribution in [3.8, 4) is 0 Å². The summed E-state index contributed by atoms with van der Waals surface area (Å²) in [6, 6.07) is 9.57. The molecule has 0 bridgehead atoms. The molecule has 1 aliphatic rings. The van der Waals surface area contributed by atoms with Gasteiger partial charge in [-0.1, -0.05) is 31.5 Å². The van der Waals surface area contributed by atoms with Crippen molar-refractivity contribution < 1.29 is 9.59 Å². The number of rotatable bonds is 8. The van der Waals surface area contributed by atoms with Crippen LogP contribution in [0.15, 0.2) is 42.1 Å². The zero-order valence-corrected chi connectivity index (χ0v) is 20.3. The van der Waals surface area contributed by atoms with Crippen LogP contribution in [0.2, 0.25) is 5.02 Å². The molecule has 9 nitrogen and oxygen atoms in total. The average molecular weight is 482 g/mol. The van der Waals surface area contributed by atoms with Crippen molar-refractivity contribution in [2.75, 3.05) is 31.3 Å². The number of halogens is 1. The van der Waals surface area contributed by atoms with Gasteiger partial charge in [0.1, 0.15) is 11.6 Å². The Bertz CT molecular complexity index is 1260. The fourth-order valence-corrected chi connectivity index (χ4v) is 4.21. The molecule has 4 rings (SSSR count). The Morgan fingerprint density at radius 1 is 1.26 bits per heavy atom. The predicted molar refractivity (Wildman–Crippen MR) is 134 cm³/mol. The summed E-state index contributed by atoms with van der Waals surface area (Å²) in [5.41, 5.74) is 2.38. The number of imide groups is 1. The monoisotopic (exact) mass is 481 g/mol. The number of amides is 2. The lowest BCUT2D eigenvalue weighted by Gasteiger charge is -2.28. The molecule has 1 aliphatic heterocycles. The number of hydrogen-bond acceptors (Lipinski definition) is 7. The second-order valence-electron chi connectivity index (χ2n) is 8.88. The molecule has 3 aromatic rings. The van der Waals surface area contributed by atoms with Gasteiger partial charge in [0.05, 0.1) is 12.6 Å². The van der Waals surface area contributed by atoms with Crippen molar-refractivity contribution in [2.45, 2.75) is 26.3 Å². The van der Waals surface area contributed by atoms with E-state index in [4.69, 9.17) is 16.6 Å². The first-order valence-electron chi connectivity index (χ1n) is 11.1. The van der Waals surface area contributed by atoms with Gasteiger partial charge >= 0.3 is 0 Å². The predicted octanol–water partition coefficient (Wildman–Crippen LogP) is 3.55. The minimum absolute atomic E-state index is 0.0423. The van der Waals surface area contributed by atoms with E-state index >= 15 is 0 Å². The third kappa shape index (κ3) is 5.21. The van der Waals surface area contributed by atoms with Crippen molar-refractivity contribution in [1.29, 1.82) is 0 Å². The van der Waals surface area contributed by atoms with Crippen LogP contribution in [0.4, 0.5) is 17.3 Å². The molecular weight excluding hydrogens is 454 g/mol. The maximum atomic E-state index is 12.1. The Labute approximate surface area is 203 Å². The summed E-state index contributed by atoms with van der Waals surface area (Å²) >= 11 is 6.14. The molecule has 0 radical (unpaired) electrons. The van der Waals surface area contributed by atoms with Crippen LogP contribution in [0.5, 0.6) is 0 Å². The molecule has 3 heterocycles. The molecule has 2 amide bonds. The highest BCUT2D eigenvalue weighted by Crippen LogP contribution is 2.26. The number of anilines is 3. The molecule has 0 aliphatic carbocycles. The van der Waals surface area contributed by atoms with Crippen molar-refractivity contribution in [3.63, 3.8) is 0 Å². The van der Waals surface area contributed by atoms with E-state index in [1.54, 1.807) is 22.9 Å². The summed E-state index contributed by atoms with van der Waals surface area (Å²) in [6.07, 6.45) is 3.35. The number of aromatic nitrogens is 3. The first kappa shape index (κ1) is 23.7. The van der Waals surface area contributed by atoms with E-state index in [1.807, 2.05) is 24.3 Å². The molecule has 1 unspecified atom stereocenters. The Hall–Kier alpha value is -3.43. The van der Waals surface area contributed by atoms with E-state index in [9.17, 15) is 9.59 Å². The summed E-state index contributed by atoms with van der Waals surface area (Å²) in [5.74, 6) is 1.09. The van der Waals surface area contributed by atoms with Crippen LogP contribution in [0.25, 0.3) is 11.7 Å². The number of carbonyl (C=O) groups excluding carboxylic acids is 2. The van der Waals surface area contributed by atoms with Gasteiger partial charge in [-0.3, -0.25) is 14.9 Å². The lowest BCUT2D eigenvalue weighted by molar-refractivity contribution is -0.124. The first-order valence-corrected chi connectivity index (χ1v) is 11.5. The molecule has 1 fully saturated rings. The number of hydrogen-bond donors (Lipinski definition) is 3. The Morgan fingerprint density at radius 3 is 2.71 bits per heavy atom. The third-order valence-corrected chi connectivity index (χ3v) is 5.98. The number of nitrogens with one attached hydrogen (secondary N) is 3. The Balaban J connectivity index is 1.74. The molecule has 2 aromatic heterocycles. The fourth-order valence-electron chi connectivity index (χ4n) is 4.02. The maximum absolute atomic E-state index is 12.1.